The van der Waals surface area contributed by atoms with Gasteiger partial charge in [0.25, 0.3) is 0 Å². The average molecular weight is 327 g/mol. The highest BCUT2D eigenvalue weighted by Crippen LogP contribution is 2.17. The summed E-state index contributed by atoms with van der Waals surface area (Å²) in [4.78, 5) is 12.0. The second-order valence-corrected chi connectivity index (χ2v) is 5.78. The first-order chi connectivity index (χ1) is 11.4. The van der Waals surface area contributed by atoms with Crippen LogP contribution >= 0.6 is 0 Å². The number of aliphatic hydroxyl groups excluding tert-OH is 1. The van der Waals surface area contributed by atoms with E-state index in [2.05, 4.69) is 15.7 Å². The van der Waals surface area contributed by atoms with Gasteiger partial charge < -0.3 is 10.4 Å². The number of hydrogen-bond donors (Lipinski definition) is 3. The molecule has 0 bridgehead atoms. The summed E-state index contributed by atoms with van der Waals surface area (Å²) in [5, 5.41) is 28.6. The van der Waals surface area contributed by atoms with Crippen molar-refractivity contribution < 1.29 is 9.90 Å². The van der Waals surface area contributed by atoms with Gasteiger partial charge in [0.1, 0.15) is 11.6 Å². The van der Waals surface area contributed by atoms with Crippen LogP contribution in [0.25, 0.3) is 0 Å². The van der Waals surface area contributed by atoms with Crippen LogP contribution in [-0.2, 0) is 0 Å². The first-order valence-electron chi connectivity index (χ1n) is 7.70. The first kappa shape index (κ1) is 17.5. The van der Waals surface area contributed by atoms with Gasteiger partial charge in [-0.25, -0.2) is 4.79 Å². The Morgan fingerprint density at radius 3 is 2.75 bits per heavy atom. The number of nitrogens with one attached hydrogen (secondary N) is 2. The number of aliphatic hydroxyl groups is 1. The van der Waals surface area contributed by atoms with Crippen LogP contribution in [-0.4, -0.2) is 27.5 Å². The summed E-state index contributed by atoms with van der Waals surface area (Å²) in [6.45, 7) is 5.81. The van der Waals surface area contributed by atoms with Crippen molar-refractivity contribution in [3.8, 4) is 6.07 Å². The summed E-state index contributed by atoms with van der Waals surface area (Å²) < 4.78 is 1.61. The molecule has 0 spiro atoms. The molecule has 7 heteroatoms. The predicted octanol–water partition coefficient (Wildman–Crippen LogP) is 2.50. The molecule has 24 heavy (non-hydrogen) atoms. The van der Waals surface area contributed by atoms with E-state index in [1.165, 1.54) is 0 Å². The molecule has 0 fully saturated rings. The van der Waals surface area contributed by atoms with E-state index in [0.717, 1.165) is 11.1 Å². The number of aryl methyl sites for hydroxylation is 1. The normalized spacial score (nSPS) is 11.8. The smallest absolute Gasteiger partial charge is 0.320 e. The molecular formula is C17H21N5O2. The van der Waals surface area contributed by atoms with Crippen molar-refractivity contribution in [3.63, 3.8) is 0 Å². The number of benzene rings is 1. The molecule has 1 aromatic carbocycles. The second-order valence-electron chi connectivity index (χ2n) is 5.78. The number of amides is 2. The van der Waals surface area contributed by atoms with Crippen molar-refractivity contribution in [2.45, 2.75) is 32.9 Å². The standard InChI is InChI=1S/C17H21N5O2/c1-11(2)22-10-13(8-18)16(21-22)20-17(24)19-9-15(23)14-7-5-4-6-12(14)3/h4-7,10-11,15,23H,9H2,1-3H3,(H2,19,20,21,24). The Hall–Kier alpha value is -2.85. The highest BCUT2D eigenvalue weighted by atomic mass is 16.3. The molecule has 2 amide bonds. The zero-order chi connectivity index (χ0) is 17.7. The van der Waals surface area contributed by atoms with E-state index in [0.29, 0.717) is 5.56 Å². The van der Waals surface area contributed by atoms with Crippen LogP contribution in [0.2, 0.25) is 0 Å². The van der Waals surface area contributed by atoms with Crippen molar-refractivity contribution in [1.29, 1.82) is 5.26 Å². The van der Waals surface area contributed by atoms with Crippen molar-refractivity contribution in [3.05, 3.63) is 47.2 Å². The lowest BCUT2D eigenvalue weighted by Crippen LogP contribution is -2.33. The van der Waals surface area contributed by atoms with E-state index in [-0.39, 0.29) is 18.4 Å². The Labute approximate surface area is 140 Å². The maximum atomic E-state index is 12.0. The summed E-state index contributed by atoms with van der Waals surface area (Å²) in [5.41, 5.74) is 2.01. The van der Waals surface area contributed by atoms with Crippen molar-refractivity contribution in [1.82, 2.24) is 15.1 Å². The molecule has 7 nitrogen and oxygen atoms in total. The van der Waals surface area contributed by atoms with Crippen LogP contribution in [0.4, 0.5) is 10.6 Å². The molecule has 0 aliphatic rings. The summed E-state index contributed by atoms with van der Waals surface area (Å²) in [7, 11) is 0. The molecule has 0 aliphatic heterocycles. The minimum absolute atomic E-state index is 0.0590. The number of carbonyl (C=O) groups is 1. The molecule has 3 N–H and O–H groups in total. The summed E-state index contributed by atoms with van der Waals surface area (Å²) in [6.07, 6.45) is 0.781. The highest BCUT2D eigenvalue weighted by Gasteiger charge is 2.15. The van der Waals surface area contributed by atoms with E-state index < -0.39 is 12.1 Å². The SMILES string of the molecule is Cc1ccccc1C(O)CNC(=O)Nc1nn(C(C)C)cc1C#N. The highest BCUT2D eigenvalue weighted by molar-refractivity contribution is 5.89. The molecule has 0 radical (unpaired) electrons. The minimum Gasteiger partial charge on any atom is -0.387 e. The van der Waals surface area contributed by atoms with Crippen LogP contribution in [0, 0.1) is 18.3 Å². The maximum Gasteiger partial charge on any atom is 0.320 e. The van der Waals surface area contributed by atoms with Gasteiger partial charge in [-0.3, -0.25) is 10.00 Å². The Bertz CT molecular complexity index is 761. The van der Waals surface area contributed by atoms with Gasteiger partial charge in [0.05, 0.1) is 6.10 Å². The van der Waals surface area contributed by atoms with Gasteiger partial charge >= 0.3 is 6.03 Å². The molecule has 2 rings (SSSR count). The van der Waals surface area contributed by atoms with Gasteiger partial charge in [-0.2, -0.15) is 10.4 Å². The molecule has 0 saturated carbocycles. The summed E-state index contributed by atoms with van der Waals surface area (Å²) in [6, 6.07) is 9.00. The Morgan fingerprint density at radius 2 is 2.12 bits per heavy atom. The van der Waals surface area contributed by atoms with Crippen LogP contribution in [0.3, 0.4) is 0 Å². The number of rotatable bonds is 5. The topological polar surface area (TPSA) is 103 Å². The van der Waals surface area contributed by atoms with E-state index in [4.69, 9.17) is 5.26 Å². The van der Waals surface area contributed by atoms with Gasteiger partial charge in [-0.1, -0.05) is 24.3 Å². The molecule has 1 unspecified atom stereocenters. The van der Waals surface area contributed by atoms with Gasteiger partial charge in [0.15, 0.2) is 5.82 Å². The zero-order valence-corrected chi connectivity index (χ0v) is 13.9. The predicted molar refractivity (Wildman–Crippen MR) is 90.5 cm³/mol. The largest absolute Gasteiger partial charge is 0.387 e. The van der Waals surface area contributed by atoms with E-state index in [1.807, 2.05) is 51.1 Å². The van der Waals surface area contributed by atoms with Gasteiger partial charge in [0, 0.05) is 18.8 Å². The number of urea groups is 1. The fourth-order valence-corrected chi connectivity index (χ4v) is 2.24. The third-order valence-corrected chi connectivity index (χ3v) is 3.62. The number of aromatic nitrogens is 2. The third kappa shape index (κ3) is 4.12. The van der Waals surface area contributed by atoms with E-state index in [9.17, 15) is 9.90 Å². The zero-order valence-electron chi connectivity index (χ0n) is 13.9. The molecule has 1 aromatic heterocycles. The van der Waals surface area contributed by atoms with Crippen LogP contribution < -0.4 is 10.6 Å². The Kier molecular flexibility index (Phi) is 5.55. The number of carbonyl (C=O) groups excluding carboxylic acids is 1. The van der Waals surface area contributed by atoms with Crippen LogP contribution in [0.15, 0.2) is 30.5 Å². The maximum absolute atomic E-state index is 12.0. The monoisotopic (exact) mass is 327 g/mol. The van der Waals surface area contributed by atoms with Gasteiger partial charge in [0.2, 0.25) is 0 Å². The molecule has 1 atom stereocenters. The van der Waals surface area contributed by atoms with E-state index >= 15 is 0 Å². The lowest BCUT2D eigenvalue weighted by atomic mass is 10.0. The molecular weight excluding hydrogens is 306 g/mol. The number of nitrogens with zero attached hydrogens (tertiary/aromatic N) is 3. The summed E-state index contributed by atoms with van der Waals surface area (Å²) in [5.74, 6) is 0.203. The quantitative estimate of drug-likeness (QED) is 0.785. The lowest BCUT2D eigenvalue weighted by Gasteiger charge is -2.14. The van der Waals surface area contributed by atoms with E-state index in [1.54, 1.807) is 10.9 Å². The fourth-order valence-electron chi connectivity index (χ4n) is 2.24. The Balaban J connectivity index is 1.97. The minimum atomic E-state index is -0.805. The van der Waals surface area contributed by atoms with Crippen molar-refractivity contribution >= 4 is 11.8 Å². The van der Waals surface area contributed by atoms with Crippen LogP contribution in [0.5, 0.6) is 0 Å². The van der Waals surface area contributed by atoms with Crippen molar-refractivity contribution in [2.75, 3.05) is 11.9 Å². The van der Waals surface area contributed by atoms with Gasteiger partial charge in [-0.15, -0.1) is 0 Å². The summed E-state index contributed by atoms with van der Waals surface area (Å²) >= 11 is 0. The number of nitriles is 1. The molecule has 1 heterocycles. The molecule has 2 aromatic rings. The average Bonchev–Trinajstić information content (AvgIpc) is 2.96. The lowest BCUT2D eigenvalue weighted by molar-refractivity contribution is 0.174. The number of hydrogen-bond acceptors (Lipinski definition) is 4. The molecule has 126 valence electrons. The van der Waals surface area contributed by atoms with Crippen LogP contribution in [0.1, 0.15) is 42.7 Å². The first-order valence-corrected chi connectivity index (χ1v) is 7.70. The van der Waals surface area contributed by atoms with Crippen molar-refractivity contribution in [2.24, 2.45) is 0 Å². The third-order valence-electron chi connectivity index (χ3n) is 3.62. The Morgan fingerprint density at radius 1 is 1.42 bits per heavy atom. The molecule has 0 saturated heterocycles. The number of anilines is 1. The second kappa shape index (κ2) is 7.62. The van der Waals surface area contributed by atoms with Gasteiger partial charge in [-0.05, 0) is 31.9 Å². The fraction of sp³-hybridized carbons (Fsp3) is 0.353. The molecule has 0 aliphatic carbocycles.